The number of hydrazone groups is 1. The van der Waals surface area contributed by atoms with Gasteiger partial charge < -0.3 is 5.32 Å². The quantitative estimate of drug-likeness (QED) is 0.797. The number of benzene rings is 2. The van der Waals surface area contributed by atoms with Crippen LogP contribution in [0.25, 0.3) is 0 Å². The second-order valence-electron chi connectivity index (χ2n) is 7.13. The smallest absolute Gasteiger partial charge is 0.319 e. The lowest BCUT2D eigenvalue weighted by Gasteiger charge is -2.25. The molecule has 0 aromatic heterocycles. The minimum atomic E-state index is -1.14. The van der Waals surface area contributed by atoms with Crippen molar-refractivity contribution in [3.05, 3.63) is 71.8 Å². The van der Waals surface area contributed by atoms with E-state index in [2.05, 4.69) is 10.4 Å². The number of amides is 4. The highest BCUT2D eigenvalue weighted by molar-refractivity contribution is 6.09. The molecule has 2 aromatic carbocycles. The molecule has 0 aliphatic carbocycles. The highest BCUT2D eigenvalue weighted by Crippen LogP contribution is 2.32. The molecule has 0 radical (unpaired) electrons. The molecule has 0 unspecified atom stereocenters. The van der Waals surface area contributed by atoms with Crippen LogP contribution in [-0.2, 0) is 15.1 Å². The number of imide groups is 1. The molecule has 2 aromatic rings. The van der Waals surface area contributed by atoms with Crippen LogP contribution in [0.15, 0.2) is 65.8 Å². The Morgan fingerprint density at radius 1 is 1.07 bits per heavy atom. The van der Waals surface area contributed by atoms with Crippen LogP contribution in [0.2, 0.25) is 0 Å². The average molecular weight is 390 g/mol. The van der Waals surface area contributed by atoms with Crippen LogP contribution in [-0.4, -0.2) is 46.6 Å². The molecule has 2 heterocycles. The molecule has 7 heteroatoms. The number of urea groups is 1. The first-order valence-electron chi connectivity index (χ1n) is 9.68. The maximum Gasteiger partial charge on any atom is 0.325 e. The van der Waals surface area contributed by atoms with Crippen molar-refractivity contribution in [1.82, 2.24) is 15.2 Å². The average Bonchev–Trinajstić information content (AvgIpc) is 3.35. The Hall–Kier alpha value is -3.48. The molecule has 4 amide bonds. The second kappa shape index (κ2) is 7.50. The predicted octanol–water partition coefficient (Wildman–Crippen LogP) is 2.48. The SMILES string of the molecule is CC[C@@]1(c2ccccc2)NC(=O)N(CC(=O)N2CCC(c3ccccc3)=N2)C1=O. The summed E-state index contributed by atoms with van der Waals surface area (Å²) < 4.78 is 0. The Bertz CT molecular complexity index is 974. The van der Waals surface area contributed by atoms with Gasteiger partial charge in [0.2, 0.25) is 0 Å². The lowest BCUT2D eigenvalue weighted by atomic mass is 9.87. The van der Waals surface area contributed by atoms with Crippen LogP contribution >= 0.6 is 0 Å². The van der Waals surface area contributed by atoms with Crippen LogP contribution in [0.5, 0.6) is 0 Å². The molecule has 1 atom stereocenters. The first-order valence-corrected chi connectivity index (χ1v) is 9.68. The van der Waals surface area contributed by atoms with Crippen molar-refractivity contribution in [2.24, 2.45) is 5.10 Å². The summed E-state index contributed by atoms with van der Waals surface area (Å²) in [6, 6.07) is 18.2. The molecule has 1 N–H and O–H groups in total. The van der Waals surface area contributed by atoms with Gasteiger partial charge in [0, 0.05) is 6.42 Å². The summed E-state index contributed by atoms with van der Waals surface area (Å²) in [5.41, 5.74) is 1.36. The standard InChI is InChI=1S/C22H22N4O3/c1-2-22(17-11-7-4-8-12-17)20(28)25(21(29)23-22)15-19(27)26-14-13-18(24-26)16-9-5-3-6-10-16/h3-12H,2,13-15H2,1H3,(H,23,29)/t22-/m0/s1. The van der Waals surface area contributed by atoms with Crippen molar-refractivity contribution >= 4 is 23.6 Å². The third kappa shape index (κ3) is 3.29. The van der Waals surface area contributed by atoms with E-state index in [-0.39, 0.29) is 12.5 Å². The van der Waals surface area contributed by atoms with Crippen molar-refractivity contribution < 1.29 is 14.4 Å². The lowest BCUT2D eigenvalue weighted by Crippen LogP contribution is -2.44. The van der Waals surface area contributed by atoms with E-state index in [1.54, 1.807) is 0 Å². The number of carbonyl (C=O) groups excluding carboxylic acids is 3. The van der Waals surface area contributed by atoms with E-state index in [0.29, 0.717) is 24.9 Å². The second-order valence-corrected chi connectivity index (χ2v) is 7.13. The Morgan fingerprint density at radius 3 is 2.38 bits per heavy atom. The molecular formula is C22H22N4O3. The van der Waals surface area contributed by atoms with Crippen LogP contribution in [0.1, 0.15) is 30.9 Å². The van der Waals surface area contributed by atoms with Gasteiger partial charge in [0.1, 0.15) is 12.1 Å². The summed E-state index contributed by atoms with van der Waals surface area (Å²) >= 11 is 0. The number of nitrogens with zero attached hydrogens (tertiary/aromatic N) is 3. The monoisotopic (exact) mass is 390 g/mol. The molecule has 2 aliphatic rings. The number of carbonyl (C=O) groups is 3. The van der Waals surface area contributed by atoms with Gasteiger partial charge in [-0.05, 0) is 17.5 Å². The van der Waals surface area contributed by atoms with Gasteiger partial charge in [-0.1, -0.05) is 67.6 Å². The van der Waals surface area contributed by atoms with Crippen LogP contribution in [0, 0.1) is 0 Å². The number of rotatable bonds is 5. The van der Waals surface area contributed by atoms with Gasteiger partial charge in [-0.2, -0.15) is 5.10 Å². The summed E-state index contributed by atoms with van der Waals surface area (Å²) in [5.74, 6) is -0.782. The van der Waals surface area contributed by atoms with Crippen molar-refractivity contribution in [2.75, 3.05) is 13.1 Å². The van der Waals surface area contributed by atoms with Crippen molar-refractivity contribution in [2.45, 2.75) is 25.3 Å². The van der Waals surface area contributed by atoms with Gasteiger partial charge >= 0.3 is 6.03 Å². The van der Waals surface area contributed by atoms with Crippen LogP contribution in [0.4, 0.5) is 4.79 Å². The van der Waals surface area contributed by atoms with Crippen LogP contribution < -0.4 is 5.32 Å². The van der Waals surface area contributed by atoms with Gasteiger partial charge in [0.25, 0.3) is 11.8 Å². The van der Waals surface area contributed by atoms with E-state index in [9.17, 15) is 14.4 Å². The van der Waals surface area contributed by atoms with Crippen molar-refractivity contribution in [3.8, 4) is 0 Å². The minimum absolute atomic E-state index is 0.329. The molecule has 4 rings (SSSR count). The normalized spacial score (nSPS) is 21.3. The van der Waals surface area contributed by atoms with E-state index in [4.69, 9.17) is 0 Å². The summed E-state index contributed by atoms with van der Waals surface area (Å²) in [4.78, 5) is 39.4. The summed E-state index contributed by atoms with van der Waals surface area (Å²) in [6.07, 6.45) is 1.03. The van der Waals surface area contributed by atoms with E-state index >= 15 is 0 Å². The molecule has 7 nitrogen and oxygen atoms in total. The first-order chi connectivity index (χ1) is 14.0. The molecular weight excluding hydrogens is 368 g/mol. The lowest BCUT2D eigenvalue weighted by molar-refractivity contribution is -0.139. The summed E-state index contributed by atoms with van der Waals surface area (Å²) in [7, 11) is 0. The van der Waals surface area contributed by atoms with Crippen LogP contribution in [0.3, 0.4) is 0 Å². The zero-order valence-corrected chi connectivity index (χ0v) is 16.2. The van der Waals surface area contributed by atoms with Gasteiger partial charge in [-0.25, -0.2) is 9.80 Å². The molecule has 2 aliphatic heterocycles. The van der Waals surface area contributed by atoms with Gasteiger partial charge in [0.15, 0.2) is 0 Å². The largest absolute Gasteiger partial charge is 0.325 e. The Balaban J connectivity index is 1.51. The maximum atomic E-state index is 13.1. The molecule has 1 saturated heterocycles. The number of hydrogen-bond acceptors (Lipinski definition) is 4. The van der Waals surface area contributed by atoms with E-state index < -0.39 is 17.5 Å². The molecule has 0 saturated carbocycles. The predicted molar refractivity (Wildman–Crippen MR) is 108 cm³/mol. The minimum Gasteiger partial charge on any atom is -0.319 e. The summed E-state index contributed by atoms with van der Waals surface area (Å²) in [6.45, 7) is 1.95. The Labute approximate surface area is 169 Å². The fourth-order valence-electron chi connectivity index (χ4n) is 3.82. The first kappa shape index (κ1) is 18.9. The number of nitrogens with one attached hydrogen (secondary N) is 1. The fourth-order valence-corrected chi connectivity index (χ4v) is 3.82. The third-order valence-corrected chi connectivity index (χ3v) is 5.46. The molecule has 148 valence electrons. The molecule has 0 spiro atoms. The summed E-state index contributed by atoms with van der Waals surface area (Å²) in [5, 5.41) is 8.54. The highest BCUT2D eigenvalue weighted by Gasteiger charge is 2.51. The van der Waals surface area contributed by atoms with Crippen molar-refractivity contribution in [3.63, 3.8) is 0 Å². The maximum absolute atomic E-state index is 13.1. The molecule has 29 heavy (non-hydrogen) atoms. The zero-order chi connectivity index (χ0) is 20.4. The van der Waals surface area contributed by atoms with E-state index in [0.717, 1.165) is 16.2 Å². The third-order valence-electron chi connectivity index (χ3n) is 5.46. The topological polar surface area (TPSA) is 82.1 Å². The van der Waals surface area contributed by atoms with E-state index in [1.807, 2.05) is 67.6 Å². The van der Waals surface area contributed by atoms with Gasteiger partial charge in [-0.15, -0.1) is 0 Å². The molecule has 1 fully saturated rings. The highest BCUT2D eigenvalue weighted by atomic mass is 16.2. The Kier molecular flexibility index (Phi) is 4.88. The molecule has 0 bridgehead atoms. The Morgan fingerprint density at radius 2 is 1.72 bits per heavy atom. The fraction of sp³-hybridized carbons (Fsp3) is 0.273. The number of hydrogen-bond donors (Lipinski definition) is 1. The zero-order valence-electron chi connectivity index (χ0n) is 16.2. The van der Waals surface area contributed by atoms with Crippen molar-refractivity contribution in [1.29, 1.82) is 0 Å². The van der Waals surface area contributed by atoms with Gasteiger partial charge in [-0.3, -0.25) is 14.5 Å². The van der Waals surface area contributed by atoms with Gasteiger partial charge in [0.05, 0.1) is 12.3 Å². The van der Waals surface area contributed by atoms with E-state index in [1.165, 1.54) is 5.01 Å².